The maximum Gasteiger partial charge on any atom is 0.258 e. The van der Waals surface area contributed by atoms with Gasteiger partial charge in [-0.1, -0.05) is 6.92 Å². The zero-order valence-corrected chi connectivity index (χ0v) is 12.3. The maximum atomic E-state index is 13.4. The number of benzene rings is 1. The number of halogens is 1. The second-order valence-electron chi connectivity index (χ2n) is 5.41. The number of hydrogen-bond donors (Lipinski definition) is 2. The lowest BCUT2D eigenvalue weighted by Gasteiger charge is -2.24. The van der Waals surface area contributed by atoms with E-state index in [1.807, 2.05) is 20.8 Å². The second kappa shape index (κ2) is 7.24. The molecule has 0 aliphatic rings. The largest absolute Gasteiger partial charge is 0.484 e. The van der Waals surface area contributed by atoms with Gasteiger partial charge in [-0.25, -0.2) is 4.39 Å². The van der Waals surface area contributed by atoms with Crippen LogP contribution in [0.25, 0.3) is 0 Å². The van der Waals surface area contributed by atoms with Crippen LogP contribution in [-0.4, -0.2) is 24.6 Å². The molecule has 1 rings (SSSR count). The third kappa shape index (κ3) is 5.57. The number of hydrogen-bond acceptors (Lipinski definition) is 3. The molecule has 0 fully saturated rings. The molecule has 3 N–H and O–H groups in total. The van der Waals surface area contributed by atoms with E-state index in [0.717, 1.165) is 12.0 Å². The van der Waals surface area contributed by atoms with Crippen molar-refractivity contribution in [2.75, 3.05) is 13.2 Å². The summed E-state index contributed by atoms with van der Waals surface area (Å²) in [5, 5.41) is 2.85. The molecule has 0 aromatic heterocycles. The number of nitrogens with two attached hydrogens (primary N) is 1. The predicted octanol–water partition coefficient (Wildman–Crippen LogP) is 2.01. The summed E-state index contributed by atoms with van der Waals surface area (Å²) in [6.45, 7) is 6.18. The van der Waals surface area contributed by atoms with E-state index in [9.17, 15) is 9.18 Å². The molecular weight excluding hydrogens is 259 g/mol. The van der Waals surface area contributed by atoms with Gasteiger partial charge in [0.05, 0.1) is 0 Å². The summed E-state index contributed by atoms with van der Waals surface area (Å²) in [5.74, 6) is -0.264. The first-order valence-electron chi connectivity index (χ1n) is 6.79. The molecule has 0 unspecified atom stereocenters. The van der Waals surface area contributed by atoms with Crippen molar-refractivity contribution >= 4 is 5.91 Å². The highest BCUT2D eigenvalue weighted by molar-refractivity contribution is 5.78. The topological polar surface area (TPSA) is 64.3 Å². The first-order chi connectivity index (χ1) is 9.36. The summed E-state index contributed by atoms with van der Waals surface area (Å²) in [4.78, 5) is 11.7. The third-order valence-corrected chi connectivity index (χ3v) is 3.10. The minimum Gasteiger partial charge on any atom is -0.484 e. The standard InChI is InChI=1S/C15H23FN2O2/c1-4-15(2,3)18-14(19)10-20-13-8-11(5-6-17)7-12(16)9-13/h7-9H,4-6,10,17H2,1-3H3,(H,18,19). The molecule has 0 radical (unpaired) electrons. The Bertz CT molecular complexity index is 461. The highest BCUT2D eigenvalue weighted by Gasteiger charge is 2.17. The highest BCUT2D eigenvalue weighted by atomic mass is 19.1. The molecule has 0 saturated heterocycles. The van der Waals surface area contributed by atoms with Gasteiger partial charge in [0.15, 0.2) is 6.61 Å². The molecule has 0 saturated carbocycles. The molecule has 1 amide bonds. The van der Waals surface area contributed by atoms with Crippen LogP contribution in [-0.2, 0) is 11.2 Å². The normalized spacial score (nSPS) is 11.2. The molecule has 0 aliphatic heterocycles. The number of carbonyl (C=O) groups is 1. The smallest absolute Gasteiger partial charge is 0.258 e. The Morgan fingerprint density at radius 1 is 1.40 bits per heavy atom. The maximum absolute atomic E-state index is 13.4. The van der Waals surface area contributed by atoms with Crippen molar-refractivity contribution in [3.63, 3.8) is 0 Å². The van der Waals surface area contributed by atoms with E-state index in [2.05, 4.69) is 5.32 Å². The van der Waals surface area contributed by atoms with Gasteiger partial charge in [-0.05, 0) is 50.9 Å². The van der Waals surface area contributed by atoms with Crippen molar-refractivity contribution < 1.29 is 13.9 Å². The summed E-state index contributed by atoms with van der Waals surface area (Å²) in [6.07, 6.45) is 1.39. The van der Waals surface area contributed by atoms with E-state index in [0.29, 0.717) is 18.7 Å². The van der Waals surface area contributed by atoms with Crippen LogP contribution >= 0.6 is 0 Å². The van der Waals surface area contributed by atoms with Gasteiger partial charge in [0.1, 0.15) is 11.6 Å². The Labute approximate surface area is 119 Å². The average molecular weight is 282 g/mol. The van der Waals surface area contributed by atoms with Gasteiger partial charge >= 0.3 is 0 Å². The van der Waals surface area contributed by atoms with Gasteiger partial charge in [0, 0.05) is 11.6 Å². The van der Waals surface area contributed by atoms with Crippen LogP contribution in [0.1, 0.15) is 32.8 Å². The summed E-state index contributed by atoms with van der Waals surface area (Å²) in [7, 11) is 0. The SMILES string of the molecule is CCC(C)(C)NC(=O)COc1cc(F)cc(CCN)c1. The van der Waals surface area contributed by atoms with E-state index in [4.69, 9.17) is 10.5 Å². The number of rotatable bonds is 7. The summed E-state index contributed by atoms with van der Waals surface area (Å²) in [5.41, 5.74) is 5.93. The first kappa shape index (κ1) is 16.4. The van der Waals surface area contributed by atoms with Crippen molar-refractivity contribution in [3.05, 3.63) is 29.6 Å². The fraction of sp³-hybridized carbons (Fsp3) is 0.533. The van der Waals surface area contributed by atoms with Gasteiger partial charge in [-0.2, -0.15) is 0 Å². The Hall–Kier alpha value is -1.62. The highest BCUT2D eigenvalue weighted by Crippen LogP contribution is 2.17. The lowest BCUT2D eigenvalue weighted by molar-refractivity contribution is -0.124. The number of ether oxygens (including phenoxy) is 1. The molecule has 1 aromatic rings. The monoisotopic (exact) mass is 282 g/mol. The molecule has 1 aromatic carbocycles. The van der Waals surface area contributed by atoms with Gasteiger partial charge in [-0.3, -0.25) is 4.79 Å². The molecular formula is C15H23FN2O2. The molecule has 20 heavy (non-hydrogen) atoms. The zero-order chi connectivity index (χ0) is 15.2. The Morgan fingerprint density at radius 3 is 2.70 bits per heavy atom. The van der Waals surface area contributed by atoms with Crippen LogP contribution < -0.4 is 15.8 Å². The Morgan fingerprint density at radius 2 is 2.10 bits per heavy atom. The number of amides is 1. The lowest BCUT2D eigenvalue weighted by Crippen LogP contribution is -2.44. The molecule has 0 bridgehead atoms. The van der Waals surface area contributed by atoms with Crippen LogP contribution in [0.2, 0.25) is 0 Å². The molecule has 0 atom stereocenters. The van der Waals surface area contributed by atoms with Gasteiger partial charge in [-0.15, -0.1) is 0 Å². The number of nitrogens with one attached hydrogen (secondary N) is 1. The molecule has 0 spiro atoms. The summed E-state index contributed by atoms with van der Waals surface area (Å²) < 4.78 is 18.7. The zero-order valence-electron chi connectivity index (χ0n) is 12.3. The molecule has 0 heterocycles. The van der Waals surface area contributed by atoms with Crippen LogP contribution in [0.3, 0.4) is 0 Å². The van der Waals surface area contributed by atoms with Crippen molar-refractivity contribution in [2.24, 2.45) is 5.73 Å². The Kier molecular flexibility index (Phi) is 5.95. The van der Waals surface area contributed by atoms with E-state index in [-0.39, 0.29) is 23.9 Å². The molecule has 112 valence electrons. The van der Waals surface area contributed by atoms with Crippen LogP contribution in [0, 0.1) is 5.82 Å². The van der Waals surface area contributed by atoms with Crippen LogP contribution in [0.4, 0.5) is 4.39 Å². The Balaban J connectivity index is 2.59. The fourth-order valence-electron chi connectivity index (χ4n) is 1.67. The summed E-state index contributed by atoms with van der Waals surface area (Å²) in [6, 6.07) is 4.38. The van der Waals surface area contributed by atoms with Gasteiger partial charge in [0.2, 0.25) is 0 Å². The van der Waals surface area contributed by atoms with Crippen molar-refractivity contribution in [1.82, 2.24) is 5.32 Å². The van der Waals surface area contributed by atoms with Crippen molar-refractivity contribution in [3.8, 4) is 5.75 Å². The van der Waals surface area contributed by atoms with E-state index >= 15 is 0 Å². The lowest BCUT2D eigenvalue weighted by atomic mass is 10.0. The average Bonchev–Trinajstić information content (AvgIpc) is 2.36. The number of carbonyl (C=O) groups excluding carboxylic acids is 1. The van der Waals surface area contributed by atoms with E-state index in [1.54, 1.807) is 6.07 Å². The van der Waals surface area contributed by atoms with Crippen molar-refractivity contribution in [1.29, 1.82) is 0 Å². The van der Waals surface area contributed by atoms with Crippen LogP contribution in [0.15, 0.2) is 18.2 Å². The minimum absolute atomic E-state index is 0.130. The van der Waals surface area contributed by atoms with Crippen LogP contribution in [0.5, 0.6) is 5.75 Å². The predicted molar refractivity (Wildman–Crippen MR) is 77.2 cm³/mol. The van der Waals surface area contributed by atoms with Gasteiger partial charge in [0.25, 0.3) is 5.91 Å². The van der Waals surface area contributed by atoms with Crippen molar-refractivity contribution in [2.45, 2.75) is 39.2 Å². The quantitative estimate of drug-likeness (QED) is 0.804. The third-order valence-electron chi connectivity index (χ3n) is 3.10. The molecule has 0 aliphatic carbocycles. The fourth-order valence-corrected chi connectivity index (χ4v) is 1.67. The summed E-state index contributed by atoms with van der Waals surface area (Å²) >= 11 is 0. The second-order valence-corrected chi connectivity index (χ2v) is 5.41. The molecule has 4 nitrogen and oxygen atoms in total. The van der Waals surface area contributed by atoms with E-state index in [1.165, 1.54) is 12.1 Å². The molecule has 5 heteroatoms. The van der Waals surface area contributed by atoms with E-state index < -0.39 is 0 Å². The minimum atomic E-state index is -0.389. The van der Waals surface area contributed by atoms with Gasteiger partial charge < -0.3 is 15.8 Å². The first-order valence-corrected chi connectivity index (χ1v) is 6.79.